The first-order valence-electron chi connectivity index (χ1n) is 22.7. The van der Waals surface area contributed by atoms with E-state index in [-0.39, 0.29) is 46.8 Å². The molecule has 4 aromatic carbocycles. The molecule has 13 nitrogen and oxygen atoms in total. The third-order valence-corrected chi connectivity index (χ3v) is 17.9. The van der Waals surface area contributed by atoms with Gasteiger partial charge >= 0.3 is 6.09 Å². The summed E-state index contributed by atoms with van der Waals surface area (Å²) in [4.78, 5) is 57.7. The molecule has 344 valence electrons. The quantitative estimate of drug-likeness (QED) is 0.0574. The summed E-state index contributed by atoms with van der Waals surface area (Å²) in [6, 6.07) is 32.0. The van der Waals surface area contributed by atoms with Gasteiger partial charge in [-0.05, 0) is 89.8 Å². The Labute approximate surface area is 383 Å². The second-order valence-corrected chi connectivity index (χ2v) is 23.9. The van der Waals surface area contributed by atoms with Crippen molar-refractivity contribution >= 4 is 48.5 Å². The van der Waals surface area contributed by atoms with Crippen LogP contribution in [-0.2, 0) is 25.3 Å². The number of aromatic nitrogens is 1. The molecule has 0 spiro atoms. The third-order valence-electron chi connectivity index (χ3n) is 13.4. The molecule has 14 heteroatoms. The number of fused-ring (bicyclic) bond motifs is 2. The summed E-state index contributed by atoms with van der Waals surface area (Å²) >= 11 is 0. The van der Waals surface area contributed by atoms with Crippen LogP contribution < -0.4 is 21.5 Å². The molecule has 1 aliphatic heterocycles. The number of para-hydroxylation sites is 1. The van der Waals surface area contributed by atoms with E-state index in [2.05, 4.69) is 59.7 Å². The lowest BCUT2D eigenvalue weighted by Crippen LogP contribution is -2.43. The van der Waals surface area contributed by atoms with Crippen molar-refractivity contribution in [2.24, 2.45) is 11.8 Å². The number of hydrogen-bond donors (Lipinski definition) is 5. The minimum Gasteiger partial charge on any atom is -0.506 e. The van der Waals surface area contributed by atoms with E-state index in [0.29, 0.717) is 55.6 Å². The minimum atomic E-state index is -2.22. The number of benzene rings is 4. The Hall–Kier alpha value is -5.80. The molecule has 5 N–H and O–H groups in total. The number of amides is 3. The SMILES string of the molecule is CN(CCC(=O)Nc1ccc(CNC[C@H](O[Si](C)(C)C(C)(C)C)c2ccc(O)c3[nH]c(=O)ccc23)cc1)C(=O)CCN1C[C@H]2CC(OC(=O)Nc3ccccc3-c3ccccc3)C[C@H]2C1. The molecule has 0 radical (unpaired) electrons. The first-order valence-corrected chi connectivity index (χ1v) is 25.6. The summed E-state index contributed by atoms with van der Waals surface area (Å²) in [5, 5.41) is 20.7. The summed E-state index contributed by atoms with van der Waals surface area (Å²) in [6.45, 7) is 14.8. The summed E-state index contributed by atoms with van der Waals surface area (Å²) in [6.07, 6.45) is 1.30. The zero-order chi connectivity index (χ0) is 46.3. The van der Waals surface area contributed by atoms with E-state index in [1.54, 1.807) is 24.1 Å². The van der Waals surface area contributed by atoms with Crippen LogP contribution in [0.15, 0.2) is 108 Å². The molecule has 2 aliphatic rings. The van der Waals surface area contributed by atoms with Crippen molar-refractivity contribution in [3.63, 3.8) is 0 Å². The van der Waals surface area contributed by atoms with E-state index in [9.17, 15) is 24.3 Å². The zero-order valence-electron chi connectivity index (χ0n) is 38.5. The Morgan fingerprint density at radius 2 is 1.57 bits per heavy atom. The van der Waals surface area contributed by atoms with Crippen LogP contribution in [-0.4, -0.2) is 92.0 Å². The van der Waals surface area contributed by atoms with Gasteiger partial charge in [-0.3, -0.25) is 19.7 Å². The molecule has 5 aromatic rings. The van der Waals surface area contributed by atoms with Crippen LogP contribution in [0.4, 0.5) is 16.2 Å². The highest BCUT2D eigenvalue weighted by molar-refractivity contribution is 6.74. The van der Waals surface area contributed by atoms with E-state index in [1.807, 2.05) is 84.9 Å². The predicted octanol–water partition coefficient (Wildman–Crippen LogP) is 8.89. The Morgan fingerprint density at radius 3 is 2.28 bits per heavy atom. The summed E-state index contributed by atoms with van der Waals surface area (Å²) < 4.78 is 12.8. The van der Waals surface area contributed by atoms with Gasteiger partial charge in [0.2, 0.25) is 17.4 Å². The zero-order valence-corrected chi connectivity index (χ0v) is 39.5. The number of hydrogen-bond acceptors (Lipinski definition) is 9. The Morgan fingerprint density at radius 1 is 0.877 bits per heavy atom. The van der Waals surface area contributed by atoms with Gasteiger partial charge in [-0.15, -0.1) is 0 Å². The molecule has 2 heterocycles. The normalized spacial score (nSPS) is 18.0. The van der Waals surface area contributed by atoms with Crippen molar-refractivity contribution in [1.29, 1.82) is 0 Å². The van der Waals surface area contributed by atoms with Crippen molar-refractivity contribution in [3.8, 4) is 16.9 Å². The molecule has 3 amide bonds. The van der Waals surface area contributed by atoms with Crippen LogP contribution in [0.25, 0.3) is 22.0 Å². The van der Waals surface area contributed by atoms with Crippen LogP contribution >= 0.6 is 0 Å². The molecule has 4 atom stereocenters. The van der Waals surface area contributed by atoms with E-state index in [0.717, 1.165) is 59.3 Å². The molecule has 1 aliphatic carbocycles. The fraction of sp³-hybridized carbons (Fsp3) is 0.412. The second-order valence-electron chi connectivity index (χ2n) is 19.2. The summed E-state index contributed by atoms with van der Waals surface area (Å²) in [5.41, 5.74) is 5.39. The van der Waals surface area contributed by atoms with Gasteiger partial charge in [0.05, 0.1) is 17.3 Å². The van der Waals surface area contributed by atoms with E-state index < -0.39 is 14.4 Å². The lowest BCUT2D eigenvalue weighted by Gasteiger charge is -2.39. The molecule has 65 heavy (non-hydrogen) atoms. The van der Waals surface area contributed by atoms with Crippen LogP contribution in [0, 0.1) is 11.8 Å². The van der Waals surface area contributed by atoms with E-state index >= 15 is 0 Å². The van der Waals surface area contributed by atoms with Crippen LogP contribution in [0.2, 0.25) is 18.1 Å². The number of phenols is 1. The number of aromatic amines is 1. The van der Waals surface area contributed by atoms with Gasteiger partial charge in [-0.1, -0.05) is 87.5 Å². The third kappa shape index (κ3) is 12.1. The fourth-order valence-electron chi connectivity index (χ4n) is 8.78. The molecule has 2 fully saturated rings. The number of rotatable bonds is 17. The number of anilines is 2. The first-order chi connectivity index (χ1) is 31.0. The number of likely N-dealkylation sites (tertiary alicyclic amines) is 1. The Bertz CT molecular complexity index is 2490. The number of phenolic OH excluding ortho intramolecular Hbond substituents is 1. The topological polar surface area (TPSA) is 165 Å². The average Bonchev–Trinajstić information content (AvgIpc) is 3.83. The van der Waals surface area contributed by atoms with Crippen LogP contribution in [0.5, 0.6) is 5.75 Å². The lowest BCUT2D eigenvalue weighted by molar-refractivity contribution is -0.130. The van der Waals surface area contributed by atoms with Gasteiger partial charge in [0, 0.05) is 81.9 Å². The Balaban J connectivity index is 0.808. The average molecular weight is 901 g/mol. The van der Waals surface area contributed by atoms with Crippen molar-refractivity contribution in [2.45, 2.75) is 83.3 Å². The second kappa shape index (κ2) is 20.6. The lowest BCUT2D eigenvalue weighted by atomic mass is 10.0. The Kier molecular flexibility index (Phi) is 14.9. The highest BCUT2D eigenvalue weighted by Gasteiger charge is 2.43. The number of aromatic hydroxyl groups is 1. The number of H-pyrrole nitrogens is 1. The monoisotopic (exact) mass is 900 g/mol. The van der Waals surface area contributed by atoms with Gasteiger partial charge in [0.15, 0.2) is 8.32 Å². The standard InChI is InChI=1S/C51H64N6O7Si/c1-51(2,3)65(5,6)64-45(41-20-22-44(58)49-42(41)21-23-46(59)55-49)31-52-30-34-16-18-38(19-17-34)53-47(60)24-26-56(4)48(61)25-27-57-32-36-28-39(29-37(36)33-57)63-50(62)54-43-15-11-10-14-40(43)35-12-8-7-9-13-35/h7-23,36-37,39,45,52,58H,24-33H2,1-6H3,(H,53,60)(H,54,62)(H,55,59)/t36-,37+,39?,45-/m0/s1. The van der Waals surface area contributed by atoms with Gasteiger partial charge in [0.25, 0.3) is 0 Å². The van der Waals surface area contributed by atoms with Crippen molar-refractivity contribution in [2.75, 3.05) is 50.4 Å². The van der Waals surface area contributed by atoms with Crippen molar-refractivity contribution in [3.05, 3.63) is 125 Å². The minimum absolute atomic E-state index is 0.00542. The summed E-state index contributed by atoms with van der Waals surface area (Å²) in [5.74, 6) is 0.710. The number of carbonyl (C=O) groups excluding carboxylic acids is 3. The van der Waals surface area contributed by atoms with Gasteiger partial charge in [-0.2, -0.15) is 0 Å². The largest absolute Gasteiger partial charge is 0.506 e. The molecular weight excluding hydrogens is 837 g/mol. The molecule has 1 unspecified atom stereocenters. The number of nitrogens with one attached hydrogen (secondary N) is 4. The first kappa shape index (κ1) is 47.2. The number of carbonyl (C=O) groups is 3. The number of ether oxygens (including phenoxy) is 1. The highest BCUT2D eigenvalue weighted by Crippen LogP contribution is 2.42. The van der Waals surface area contributed by atoms with Crippen molar-refractivity contribution < 1.29 is 28.7 Å². The molecule has 0 bridgehead atoms. The maximum atomic E-state index is 13.1. The maximum absolute atomic E-state index is 13.1. The van der Waals surface area contributed by atoms with E-state index in [4.69, 9.17) is 9.16 Å². The van der Waals surface area contributed by atoms with E-state index in [1.165, 1.54) is 6.07 Å². The van der Waals surface area contributed by atoms with Crippen LogP contribution in [0.1, 0.15) is 63.7 Å². The molecule has 1 saturated carbocycles. The van der Waals surface area contributed by atoms with Gasteiger partial charge < -0.3 is 39.7 Å². The number of nitrogens with zero attached hydrogens (tertiary/aromatic N) is 2. The fourth-order valence-corrected chi connectivity index (χ4v) is 10.1. The molecule has 1 saturated heterocycles. The van der Waals surface area contributed by atoms with Gasteiger partial charge in [0.1, 0.15) is 11.9 Å². The summed E-state index contributed by atoms with van der Waals surface area (Å²) in [7, 11) is -0.479. The maximum Gasteiger partial charge on any atom is 0.411 e. The van der Waals surface area contributed by atoms with Crippen LogP contribution in [0.3, 0.4) is 0 Å². The highest BCUT2D eigenvalue weighted by atomic mass is 28.4. The molecular formula is C51H64N6O7Si. The van der Waals surface area contributed by atoms with Crippen molar-refractivity contribution in [1.82, 2.24) is 20.1 Å². The smallest absolute Gasteiger partial charge is 0.411 e. The van der Waals surface area contributed by atoms with Gasteiger partial charge in [-0.25, -0.2) is 4.79 Å². The predicted molar refractivity (Wildman–Crippen MR) is 259 cm³/mol. The molecule has 7 rings (SSSR count). The number of pyridine rings is 1. The molecule has 1 aromatic heterocycles.